The molecule has 2 fully saturated rings. The van der Waals surface area contributed by atoms with Gasteiger partial charge in [0.2, 0.25) is 0 Å². The Morgan fingerprint density at radius 2 is 1.33 bits per heavy atom. The number of carbonyl (C=O) groups excluding carboxylic acids is 1. The Hall–Kier alpha value is -3.83. The third-order valence-corrected chi connectivity index (χ3v) is 11.5. The van der Waals surface area contributed by atoms with Crippen molar-refractivity contribution in [3.63, 3.8) is 0 Å². The highest BCUT2D eigenvalue weighted by Gasteiger charge is 2.73. The summed E-state index contributed by atoms with van der Waals surface area (Å²) in [6.45, 7) is -0.620. The molecule has 3 aromatic carbocycles. The molecule has 2 saturated heterocycles. The summed E-state index contributed by atoms with van der Waals surface area (Å²) in [6, 6.07) is 7.65. The number of hydrogen-bond acceptors (Lipinski definition) is 5. The number of likely N-dealkylation sites (N-methyl/N-ethyl adjacent to an activating group) is 1. The average molecular weight is 724 g/mol. The van der Waals surface area contributed by atoms with Crippen LogP contribution in [0.25, 0.3) is 0 Å². The molecule has 0 N–H and O–H groups in total. The highest BCUT2D eigenvalue weighted by Crippen LogP contribution is 2.54. The largest absolute Gasteiger partial charge is 0.430 e. The Balaban J connectivity index is 1.58. The number of benzene rings is 3. The fraction of sp³-hybridized carbons (Fsp3) is 0.406. The molecule has 0 saturated carbocycles. The highest BCUT2D eigenvalue weighted by atomic mass is 32.2. The number of carbonyl (C=O) groups is 1. The third-order valence-electron chi connectivity index (χ3n) is 9.03. The Labute approximate surface area is 275 Å². The van der Waals surface area contributed by atoms with Gasteiger partial charge in [-0.25, -0.2) is 26.4 Å². The second kappa shape index (κ2) is 13.1. The number of piperazine rings is 1. The minimum atomic E-state index is -6.22. The third kappa shape index (κ3) is 6.47. The van der Waals surface area contributed by atoms with E-state index in [1.807, 2.05) is 11.9 Å². The van der Waals surface area contributed by atoms with Crippen molar-refractivity contribution in [1.29, 1.82) is 0 Å². The lowest BCUT2D eigenvalue weighted by molar-refractivity contribution is -0.392. The van der Waals surface area contributed by atoms with E-state index in [2.05, 4.69) is 4.74 Å². The molecule has 0 bridgehead atoms. The number of rotatable bonds is 7. The SMILES string of the molecule is CN1CCN(C(=O)N2CC[C@](c3ccc(C(OCc4c(F)cccc4F)(C(F)(F)F)C(F)(F)F)cc3)(S(=O)(=O)c3ccc(F)cc3)C2)CC1. The number of alkyl halides is 6. The van der Waals surface area contributed by atoms with Gasteiger partial charge in [-0.05, 0) is 55.4 Å². The van der Waals surface area contributed by atoms with E-state index in [9.17, 15) is 52.7 Å². The number of hydrogen-bond donors (Lipinski definition) is 0. The van der Waals surface area contributed by atoms with Crippen molar-refractivity contribution < 1.29 is 57.5 Å². The first-order valence-corrected chi connectivity index (χ1v) is 16.4. The molecule has 266 valence electrons. The molecule has 0 spiro atoms. The van der Waals surface area contributed by atoms with Crippen molar-refractivity contribution in [3.05, 3.63) is 101 Å². The minimum absolute atomic E-state index is 0.125. The minimum Gasteiger partial charge on any atom is -0.349 e. The summed E-state index contributed by atoms with van der Waals surface area (Å²) in [5.74, 6) is -3.63. The van der Waals surface area contributed by atoms with Crippen molar-refractivity contribution in [3.8, 4) is 0 Å². The molecule has 17 heteroatoms. The summed E-state index contributed by atoms with van der Waals surface area (Å²) < 4.78 is 160. The van der Waals surface area contributed by atoms with Gasteiger partial charge in [-0.15, -0.1) is 0 Å². The molecule has 2 aliphatic heterocycles. The van der Waals surface area contributed by atoms with Crippen LogP contribution in [0.15, 0.2) is 71.6 Å². The van der Waals surface area contributed by atoms with Crippen LogP contribution < -0.4 is 0 Å². The van der Waals surface area contributed by atoms with E-state index in [4.69, 9.17) is 0 Å². The van der Waals surface area contributed by atoms with Gasteiger partial charge in [-0.3, -0.25) is 0 Å². The van der Waals surface area contributed by atoms with Crippen LogP contribution in [-0.2, 0) is 31.5 Å². The molecule has 0 aliphatic carbocycles. The van der Waals surface area contributed by atoms with Gasteiger partial charge in [0.15, 0.2) is 9.84 Å². The number of ether oxygens (including phenoxy) is 1. The molecule has 2 heterocycles. The summed E-state index contributed by atoms with van der Waals surface area (Å²) in [6.07, 6.45) is -12.7. The second-order valence-corrected chi connectivity index (χ2v) is 14.2. The lowest BCUT2D eigenvalue weighted by Crippen LogP contribution is -2.56. The quantitative estimate of drug-likeness (QED) is 0.209. The summed E-state index contributed by atoms with van der Waals surface area (Å²) in [5.41, 5.74) is -8.04. The van der Waals surface area contributed by atoms with Gasteiger partial charge >= 0.3 is 18.4 Å². The van der Waals surface area contributed by atoms with Crippen molar-refractivity contribution in [1.82, 2.24) is 14.7 Å². The molecule has 0 radical (unpaired) electrons. The van der Waals surface area contributed by atoms with Crippen LogP contribution in [0.5, 0.6) is 0 Å². The fourth-order valence-electron chi connectivity index (χ4n) is 6.19. The molecule has 0 aromatic heterocycles. The highest BCUT2D eigenvalue weighted by molar-refractivity contribution is 7.92. The normalized spacial score (nSPS) is 19.8. The van der Waals surface area contributed by atoms with E-state index < -0.39 is 80.3 Å². The Morgan fingerprint density at radius 3 is 1.86 bits per heavy atom. The maximum atomic E-state index is 14.5. The fourth-order valence-corrected chi connectivity index (χ4v) is 8.26. The maximum Gasteiger partial charge on any atom is 0.430 e. The van der Waals surface area contributed by atoms with Crippen LogP contribution in [0, 0.1) is 17.5 Å². The van der Waals surface area contributed by atoms with Crippen LogP contribution in [0.3, 0.4) is 0 Å². The number of urea groups is 1. The number of amides is 2. The van der Waals surface area contributed by atoms with Gasteiger partial charge in [0.25, 0.3) is 5.60 Å². The van der Waals surface area contributed by atoms with E-state index in [0.717, 1.165) is 42.5 Å². The van der Waals surface area contributed by atoms with Crippen LogP contribution in [0.4, 0.5) is 44.3 Å². The molecular formula is C32H30F9N3O4S. The molecule has 2 aliphatic rings. The van der Waals surface area contributed by atoms with Gasteiger partial charge < -0.3 is 19.4 Å². The lowest BCUT2D eigenvalue weighted by Gasteiger charge is -2.38. The molecule has 0 unspecified atom stereocenters. The Morgan fingerprint density at radius 1 is 0.776 bits per heavy atom. The van der Waals surface area contributed by atoms with Crippen molar-refractivity contribution in [2.45, 2.75) is 40.6 Å². The zero-order chi connectivity index (χ0) is 36.0. The van der Waals surface area contributed by atoms with Crippen LogP contribution >= 0.6 is 0 Å². The maximum absolute atomic E-state index is 14.5. The van der Waals surface area contributed by atoms with Crippen LogP contribution in [-0.4, -0.2) is 87.8 Å². The molecule has 49 heavy (non-hydrogen) atoms. The number of halogens is 9. The zero-order valence-corrected chi connectivity index (χ0v) is 26.6. The monoisotopic (exact) mass is 723 g/mol. The Bertz CT molecular complexity index is 1740. The second-order valence-electron chi connectivity index (χ2n) is 11.9. The van der Waals surface area contributed by atoms with E-state index in [1.54, 1.807) is 0 Å². The van der Waals surface area contributed by atoms with Crippen molar-refractivity contribution in [2.24, 2.45) is 0 Å². The summed E-state index contributed by atoms with van der Waals surface area (Å²) in [5, 5.41) is 0. The first-order chi connectivity index (χ1) is 22.8. The van der Waals surface area contributed by atoms with Gasteiger partial charge in [0.05, 0.1) is 11.5 Å². The summed E-state index contributed by atoms with van der Waals surface area (Å²) in [4.78, 5) is 17.8. The molecule has 2 amide bonds. The van der Waals surface area contributed by atoms with Crippen LogP contribution in [0.1, 0.15) is 23.1 Å². The summed E-state index contributed by atoms with van der Waals surface area (Å²) in [7, 11) is -2.73. The van der Waals surface area contributed by atoms with Gasteiger partial charge in [-0.2, -0.15) is 26.3 Å². The van der Waals surface area contributed by atoms with Crippen molar-refractivity contribution in [2.75, 3.05) is 46.3 Å². The van der Waals surface area contributed by atoms with Crippen molar-refractivity contribution >= 4 is 15.9 Å². The average Bonchev–Trinajstić information content (AvgIpc) is 3.49. The standard InChI is InChI=1S/C32H30F9N3O4S/c1-42-15-17-43(18-16-42)28(45)44-14-13-29(20-44,49(46,47)24-11-9-23(33)10-12-24)21-5-7-22(8-6-21)30(31(36,37)38,32(39,40)41)48-19-25-26(34)3-2-4-27(25)35/h2-12H,13-20H2,1H3/t29-/m0/s1. The predicted molar refractivity (Wildman–Crippen MR) is 157 cm³/mol. The molecule has 7 nitrogen and oxygen atoms in total. The van der Waals surface area contributed by atoms with Crippen LogP contribution in [0.2, 0.25) is 0 Å². The van der Waals surface area contributed by atoms with E-state index in [0.29, 0.717) is 50.4 Å². The number of likely N-dealkylation sites (tertiary alicyclic amines) is 1. The lowest BCUT2D eigenvalue weighted by atomic mass is 9.88. The zero-order valence-electron chi connectivity index (χ0n) is 25.8. The van der Waals surface area contributed by atoms with Gasteiger partial charge in [0, 0.05) is 50.4 Å². The van der Waals surface area contributed by atoms with Gasteiger partial charge in [0.1, 0.15) is 22.2 Å². The number of nitrogens with zero attached hydrogens (tertiary/aromatic N) is 3. The van der Waals surface area contributed by atoms with E-state index >= 15 is 0 Å². The first-order valence-electron chi connectivity index (χ1n) is 14.9. The first kappa shape index (κ1) is 36.5. The van der Waals surface area contributed by atoms with E-state index in [-0.39, 0.29) is 23.4 Å². The van der Waals surface area contributed by atoms with Gasteiger partial charge in [-0.1, -0.05) is 30.3 Å². The molecular weight excluding hydrogens is 693 g/mol. The summed E-state index contributed by atoms with van der Waals surface area (Å²) >= 11 is 0. The predicted octanol–water partition coefficient (Wildman–Crippen LogP) is 6.38. The smallest absolute Gasteiger partial charge is 0.349 e. The molecule has 3 aromatic rings. The molecule has 5 rings (SSSR count). The van der Waals surface area contributed by atoms with E-state index in [1.165, 1.54) is 9.80 Å². The molecule has 1 atom stereocenters. The Kier molecular flexibility index (Phi) is 9.77. The topological polar surface area (TPSA) is 70.2 Å². The number of sulfone groups is 1.